The van der Waals surface area contributed by atoms with Gasteiger partial charge in [0.2, 0.25) is 11.8 Å². The third-order valence-corrected chi connectivity index (χ3v) is 3.05. The molecule has 0 amide bonds. The molecule has 1 fully saturated rings. The molecule has 17 heavy (non-hydrogen) atoms. The molecule has 0 saturated carbocycles. The quantitative estimate of drug-likeness (QED) is 0.810. The highest BCUT2D eigenvalue weighted by Gasteiger charge is 2.15. The van der Waals surface area contributed by atoms with E-state index in [2.05, 4.69) is 15.1 Å². The summed E-state index contributed by atoms with van der Waals surface area (Å²) in [6.45, 7) is 3.06. The highest BCUT2D eigenvalue weighted by molar-refractivity contribution is 5.51. The number of benzene rings is 1. The van der Waals surface area contributed by atoms with Crippen molar-refractivity contribution in [2.75, 3.05) is 13.1 Å². The molecule has 0 spiro atoms. The summed E-state index contributed by atoms with van der Waals surface area (Å²) >= 11 is 0. The fourth-order valence-electron chi connectivity index (χ4n) is 2.15. The second kappa shape index (κ2) is 4.67. The van der Waals surface area contributed by atoms with Gasteiger partial charge in [-0.2, -0.15) is 0 Å². The molecule has 1 aromatic heterocycles. The standard InChI is InChI=1S/C13H15N3O/c1-2-6-11(7-3-1)13-15-14-12(17-13)10-16-8-4-5-9-16/h1-3,6-7H,4-5,8-10H2. The van der Waals surface area contributed by atoms with Crippen LogP contribution in [0.25, 0.3) is 11.5 Å². The minimum absolute atomic E-state index is 0.611. The zero-order chi connectivity index (χ0) is 11.5. The molecular weight excluding hydrogens is 214 g/mol. The van der Waals surface area contributed by atoms with Gasteiger partial charge in [0.1, 0.15) is 0 Å². The average Bonchev–Trinajstić information content (AvgIpc) is 3.02. The van der Waals surface area contributed by atoms with Crippen LogP contribution in [0.3, 0.4) is 0 Å². The number of rotatable bonds is 3. The molecule has 0 bridgehead atoms. The predicted molar refractivity (Wildman–Crippen MR) is 64.2 cm³/mol. The van der Waals surface area contributed by atoms with E-state index in [1.165, 1.54) is 12.8 Å². The average molecular weight is 229 g/mol. The Hall–Kier alpha value is -1.68. The Balaban J connectivity index is 1.74. The van der Waals surface area contributed by atoms with Gasteiger partial charge in [-0.1, -0.05) is 18.2 Å². The van der Waals surface area contributed by atoms with E-state index in [0.29, 0.717) is 11.8 Å². The van der Waals surface area contributed by atoms with Crippen LogP contribution in [0.5, 0.6) is 0 Å². The molecule has 0 radical (unpaired) electrons. The molecule has 2 heterocycles. The van der Waals surface area contributed by atoms with E-state index in [4.69, 9.17) is 4.42 Å². The van der Waals surface area contributed by atoms with E-state index < -0.39 is 0 Å². The van der Waals surface area contributed by atoms with Crippen molar-refractivity contribution >= 4 is 0 Å². The number of hydrogen-bond donors (Lipinski definition) is 0. The smallest absolute Gasteiger partial charge is 0.247 e. The van der Waals surface area contributed by atoms with E-state index in [1.807, 2.05) is 30.3 Å². The van der Waals surface area contributed by atoms with Gasteiger partial charge in [0.15, 0.2) is 0 Å². The summed E-state index contributed by atoms with van der Waals surface area (Å²) in [5.41, 5.74) is 0.979. The monoisotopic (exact) mass is 229 g/mol. The Morgan fingerprint density at radius 1 is 1.06 bits per heavy atom. The van der Waals surface area contributed by atoms with Gasteiger partial charge in [-0.3, -0.25) is 4.90 Å². The molecule has 1 aromatic carbocycles. The fraction of sp³-hybridized carbons (Fsp3) is 0.385. The molecule has 1 aliphatic rings. The van der Waals surface area contributed by atoms with Gasteiger partial charge >= 0.3 is 0 Å². The minimum Gasteiger partial charge on any atom is -0.419 e. The molecule has 0 atom stereocenters. The van der Waals surface area contributed by atoms with E-state index in [1.54, 1.807) is 0 Å². The zero-order valence-corrected chi connectivity index (χ0v) is 9.67. The van der Waals surface area contributed by atoms with Crippen molar-refractivity contribution in [3.63, 3.8) is 0 Å². The molecule has 0 N–H and O–H groups in total. The molecule has 1 aliphatic heterocycles. The lowest BCUT2D eigenvalue weighted by Gasteiger charge is -2.10. The van der Waals surface area contributed by atoms with Crippen LogP contribution in [0, 0.1) is 0 Å². The van der Waals surface area contributed by atoms with E-state index in [-0.39, 0.29) is 0 Å². The Labute approximate surface area is 100 Å². The van der Waals surface area contributed by atoms with Crippen LogP contribution in [0.4, 0.5) is 0 Å². The highest BCUT2D eigenvalue weighted by Crippen LogP contribution is 2.18. The predicted octanol–water partition coefficient (Wildman–Crippen LogP) is 2.33. The third kappa shape index (κ3) is 2.36. The normalized spacial score (nSPS) is 16.5. The first kappa shape index (κ1) is 10.5. The summed E-state index contributed by atoms with van der Waals surface area (Å²) < 4.78 is 5.67. The maximum atomic E-state index is 5.67. The molecule has 0 aliphatic carbocycles. The van der Waals surface area contributed by atoms with Gasteiger partial charge in [-0.15, -0.1) is 10.2 Å². The number of hydrogen-bond acceptors (Lipinski definition) is 4. The van der Waals surface area contributed by atoms with E-state index in [9.17, 15) is 0 Å². The molecule has 4 nitrogen and oxygen atoms in total. The fourth-order valence-corrected chi connectivity index (χ4v) is 2.15. The van der Waals surface area contributed by atoms with Gasteiger partial charge in [-0.25, -0.2) is 0 Å². The van der Waals surface area contributed by atoms with Gasteiger partial charge in [0.25, 0.3) is 0 Å². The largest absolute Gasteiger partial charge is 0.419 e. The molecule has 0 unspecified atom stereocenters. The first-order chi connectivity index (χ1) is 8.42. The summed E-state index contributed by atoms with van der Waals surface area (Å²) in [6.07, 6.45) is 2.55. The molecular formula is C13H15N3O. The molecule has 88 valence electrons. The van der Waals surface area contributed by atoms with Crippen molar-refractivity contribution in [3.05, 3.63) is 36.2 Å². The van der Waals surface area contributed by atoms with Gasteiger partial charge < -0.3 is 4.42 Å². The van der Waals surface area contributed by atoms with Crippen LogP contribution < -0.4 is 0 Å². The maximum Gasteiger partial charge on any atom is 0.247 e. The molecule has 1 saturated heterocycles. The summed E-state index contributed by atoms with van der Waals surface area (Å²) in [7, 11) is 0. The van der Waals surface area contributed by atoms with Gasteiger partial charge in [-0.05, 0) is 38.1 Å². The van der Waals surface area contributed by atoms with Crippen LogP contribution >= 0.6 is 0 Å². The Morgan fingerprint density at radius 2 is 1.82 bits per heavy atom. The van der Waals surface area contributed by atoms with Crippen molar-refractivity contribution in [2.24, 2.45) is 0 Å². The highest BCUT2D eigenvalue weighted by atomic mass is 16.4. The lowest BCUT2D eigenvalue weighted by Crippen LogP contribution is -2.18. The van der Waals surface area contributed by atoms with Crippen molar-refractivity contribution in [3.8, 4) is 11.5 Å². The second-order valence-electron chi connectivity index (χ2n) is 4.35. The Morgan fingerprint density at radius 3 is 2.59 bits per heavy atom. The Bertz CT molecular complexity index is 474. The van der Waals surface area contributed by atoms with Crippen LogP contribution in [0.15, 0.2) is 34.7 Å². The summed E-state index contributed by atoms with van der Waals surface area (Å²) in [4.78, 5) is 2.35. The van der Waals surface area contributed by atoms with Crippen LogP contribution in [-0.4, -0.2) is 28.2 Å². The number of nitrogens with zero attached hydrogens (tertiary/aromatic N) is 3. The summed E-state index contributed by atoms with van der Waals surface area (Å²) in [5.74, 6) is 1.32. The Kier molecular flexibility index (Phi) is 2.88. The van der Waals surface area contributed by atoms with E-state index >= 15 is 0 Å². The van der Waals surface area contributed by atoms with E-state index in [0.717, 1.165) is 25.2 Å². The lowest BCUT2D eigenvalue weighted by molar-refractivity contribution is 0.292. The molecule has 4 heteroatoms. The number of likely N-dealkylation sites (tertiary alicyclic amines) is 1. The van der Waals surface area contributed by atoms with Crippen molar-refractivity contribution < 1.29 is 4.42 Å². The number of aromatic nitrogens is 2. The van der Waals surface area contributed by atoms with Crippen molar-refractivity contribution in [1.82, 2.24) is 15.1 Å². The van der Waals surface area contributed by atoms with Crippen molar-refractivity contribution in [2.45, 2.75) is 19.4 Å². The maximum absolute atomic E-state index is 5.67. The lowest BCUT2D eigenvalue weighted by atomic mass is 10.2. The third-order valence-electron chi connectivity index (χ3n) is 3.05. The molecule has 2 aromatic rings. The topological polar surface area (TPSA) is 42.2 Å². The first-order valence-corrected chi connectivity index (χ1v) is 6.02. The summed E-state index contributed by atoms with van der Waals surface area (Å²) in [6, 6.07) is 9.88. The minimum atomic E-state index is 0.611. The van der Waals surface area contributed by atoms with Gasteiger partial charge in [0, 0.05) is 5.56 Å². The SMILES string of the molecule is c1ccc(-c2nnc(CN3CCCC3)o2)cc1. The van der Waals surface area contributed by atoms with Crippen LogP contribution in [0.2, 0.25) is 0 Å². The molecule has 3 rings (SSSR count). The van der Waals surface area contributed by atoms with Crippen molar-refractivity contribution in [1.29, 1.82) is 0 Å². The van der Waals surface area contributed by atoms with Crippen LogP contribution in [-0.2, 0) is 6.54 Å². The first-order valence-electron chi connectivity index (χ1n) is 6.02. The van der Waals surface area contributed by atoms with Crippen LogP contribution in [0.1, 0.15) is 18.7 Å². The van der Waals surface area contributed by atoms with Gasteiger partial charge in [0.05, 0.1) is 6.54 Å². The summed E-state index contributed by atoms with van der Waals surface area (Å²) in [5, 5.41) is 8.18. The zero-order valence-electron chi connectivity index (χ0n) is 9.67. The second-order valence-corrected chi connectivity index (χ2v) is 4.35.